The lowest BCUT2D eigenvalue weighted by Gasteiger charge is -2.40. The third kappa shape index (κ3) is 7.33. The molecule has 0 aliphatic carbocycles. The van der Waals surface area contributed by atoms with Gasteiger partial charge in [0, 0.05) is 24.0 Å². The molecule has 2 aliphatic rings. The maximum atomic E-state index is 14.8. The van der Waals surface area contributed by atoms with E-state index < -0.39 is 41.8 Å². The summed E-state index contributed by atoms with van der Waals surface area (Å²) in [6, 6.07) is 17.8. The Morgan fingerprint density at radius 1 is 1.00 bits per heavy atom. The average molecular weight is 694 g/mol. The second kappa shape index (κ2) is 14.0. The minimum absolute atomic E-state index is 0.0497. The van der Waals surface area contributed by atoms with Crippen molar-refractivity contribution in [3.63, 3.8) is 0 Å². The summed E-state index contributed by atoms with van der Waals surface area (Å²) < 4.78 is 23.3. The highest BCUT2D eigenvalue weighted by Crippen LogP contribution is 2.41. The molecule has 0 saturated heterocycles. The van der Waals surface area contributed by atoms with Gasteiger partial charge in [-0.3, -0.25) is 19.6 Å². The Hall–Kier alpha value is -5.58. The third-order valence-corrected chi connectivity index (χ3v) is 9.29. The quantitative estimate of drug-likeness (QED) is 0.216. The summed E-state index contributed by atoms with van der Waals surface area (Å²) >= 11 is 0. The van der Waals surface area contributed by atoms with Crippen molar-refractivity contribution in [3.8, 4) is 28.4 Å². The molecule has 2 amide bonds. The van der Waals surface area contributed by atoms with Crippen molar-refractivity contribution < 1.29 is 38.4 Å². The number of esters is 1. The van der Waals surface area contributed by atoms with Crippen molar-refractivity contribution >= 4 is 23.7 Å². The van der Waals surface area contributed by atoms with Crippen LogP contribution in [0, 0.1) is 13.8 Å². The van der Waals surface area contributed by atoms with Crippen LogP contribution in [0.25, 0.3) is 11.1 Å². The Labute approximate surface area is 297 Å². The molecule has 1 N–H and O–H groups in total. The van der Waals surface area contributed by atoms with Gasteiger partial charge in [0.05, 0.1) is 13.7 Å². The molecule has 0 fully saturated rings. The number of phenols is 1. The lowest BCUT2D eigenvalue weighted by atomic mass is 9.92. The van der Waals surface area contributed by atoms with E-state index in [4.69, 9.17) is 18.9 Å². The lowest BCUT2D eigenvalue weighted by molar-refractivity contribution is -0.143. The fourth-order valence-corrected chi connectivity index (χ4v) is 6.51. The Kier molecular flexibility index (Phi) is 9.66. The second-order valence-corrected chi connectivity index (χ2v) is 13.9. The fraction of sp³-hybridized carbons (Fsp3) is 0.350. The van der Waals surface area contributed by atoms with Gasteiger partial charge in [-0.25, -0.2) is 9.59 Å². The van der Waals surface area contributed by atoms with Gasteiger partial charge < -0.3 is 24.1 Å². The first-order valence-corrected chi connectivity index (χ1v) is 16.9. The number of hydrogen-bond donors (Lipinski definition) is 1. The molecule has 0 bridgehead atoms. The van der Waals surface area contributed by atoms with Crippen molar-refractivity contribution in [1.29, 1.82) is 0 Å². The van der Waals surface area contributed by atoms with Gasteiger partial charge in [0.1, 0.15) is 30.0 Å². The summed E-state index contributed by atoms with van der Waals surface area (Å²) in [4.78, 5) is 48.8. The van der Waals surface area contributed by atoms with Crippen LogP contribution < -0.4 is 14.4 Å². The summed E-state index contributed by atoms with van der Waals surface area (Å²) in [6.45, 7) is 11.1. The van der Waals surface area contributed by atoms with Gasteiger partial charge in [-0.15, -0.1) is 0 Å². The number of pyridine rings is 1. The number of carbonyl (C=O) groups is 3. The van der Waals surface area contributed by atoms with E-state index in [2.05, 4.69) is 4.98 Å². The molecule has 3 atom stereocenters. The number of methoxy groups -OCH3 is 1. The molecule has 1 aromatic heterocycles. The van der Waals surface area contributed by atoms with Crippen LogP contribution in [-0.2, 0) is 32.0 Å². The van der Waals surface area contributed by atoms with Crippen molar-refractivity contribution in [1.82, 2.24) is 9.88 Å². The number of aromatic hydroxyl groups is 1. The van der Waals surface area contributed by atoms with Crippen LogP contribution in [0.4, 0.5) is 10.5 Å². The maximum absolute atomic E-state index is 14.8. The number of fused-ring (bicyclic) bond motifs is 2. The molecule has 0 radical (unpaired) electrons. The van der Waals surface area contributed by atoms with Gasteiger partial charge in [-0.05, 0) is 117 Å². The molecule has 3 heterocycles. The third-order valence-electron chi connectivity index (χ3n) is 9.29. The Balaban J connectivity index is 1.36. The average Bonchev–Trinajstić information content (AvgIpc) is 3.10. The molecule has 266 valence electrons. The molecule has 51 heavy (non-hydrogen) atoms. The first-order valence-electron chi connectivity index (χ1n) is 16.9. The molecule has 3 aromatic carbocycles. The SMILES string of the molecule is COC(=O)C(C)N(C(=O)[C@@H]1Cc2cc3c(cc2CN1C(=O)OC(C)(C)C)O[C@@H](c1cccc(O)c1)CO3)c1ccc(-c2ccnc(C)c2C)cc1. The van der Waals surface area contributed by atoms with Crippen LogP contribution in [-0.4, -0.2) is 64.4 Å². The van der Waals surface area contributed by atoms with E-state index in [1.54, 1.807) is 64.2 Å². The molecule has 6 rings (SSSR count). The van der Waals surface area contributed by atoms with E-state index in [1.165, 1.54) is 16.9 Å². The van der Waals surface area contributed by atoms with Crippen LogP contribution >= 0.6 is 0 Å². The van der Waals surface area contributed by atoms with Crippen LogP contribution in [0.3, 0.4) is 0 Å². The second-order valence-electron chi connectivity index (χ2n) is 13.9. The fourth-order valence-electron chi connectivity index (χ4n) is 6.51. The monoisotopic (exact) mass is 693 g/mol. The molecule has 0 spiro atoms. The zero-order valence-corrected chi connectivity index (χ0v) is 29.9. The molecule has 11 nitrogen and oxygen atoms in total. The number of anilines is 1. The summed E-state index contributed by atoms with van der Waals surface area (Å²) in [5.41, 5.74) is 5.88. The molecular weight excluding hydrogens is 650 g/mol. The largest absolute Gasteiger partial charge is 0.508 e. The van der Waals surface area contributed by atoms with Crippen molar-refractivity contribution in [2.45, 2.75) is 78.3 Å². The Morgan fingerprint density at radius 2 is 1.73 bits per heavy atom. The van der Waals surface area contributed by atoms with Crippen molar-refractivity contribution in [2.24, 2.45) is 0 Å². The number of amides is 2. The zero-order chi connectivity index (χ0) is 36.6. The number of aromatic nitrogens is 1. The number of aryl methyl sites for hydroxylation is 1. The number of benzene rings is 3. The number of hydrogen-bond acceptors (Lipinski definition) is 9. The smallest absolute Gasteiger partial charge is 0.411 e. The highest BCUT2D eigenvalue weighted by Gasteiger charge is 2.42. The van der Waals surface area contributed by atoms with Crippen LogP contribution in [0.2, 0.25) is 0 Å². The van der Waals surface area contributed by atoms with Crippen LogP contribution in [0.1, 0.15) is 61.7 Å². The number of carbonyl (C=O) groups excluding carboxylic acids is 3. The number of nitrogens with zero attached hydrogens (tertiary/aromatic N) is 3. The van der Waals surface area contributed by atoms with E-state index in [1.807, 2.05) is 50.2 Å². The number of ether oxygens (including phenoxy) is 4. The van der Waals surface area contributed by atoms with Crippen molar-refractivity contribution in [3.05, 3.63) is 101 Å². The number of phenolic OH excluding ortho intramolecular Hbond substituents is 1. The standard InChI is InChI=1S/C40H43N3O8/c1-23-24(2)41-16-15-32(23)26-11-13-30(14-12-26)43(25(3)38(46)48-7)37(45)33-18-28-19-34-35(20-29(28)21-42(33)39(47)51-40(4,5)6)50-36(22-49-34)27-9-8-10-31(44)17-27/h8-17,19-20,25,33,36,44H,18,21-22H2,1-7H3/t25?,33-,36+/m0/s1. The van der Waals surface area contributed by atoms with E-state index >= 15 is 0 Å². The van der Waals surface area contributed by atoms with Gasteiger partial charge in [-0.1, -0.05) is 24.3 Å². The van der Waals surface area contributed by atoms with Gasteiger partial charge in [0.2, 0.25) is 0 Å². The predicted octanol–water partition coefficient (Wildman–Crippen LogP) is 6.84. The zero-order valence-electron chi connectivity index (χ0n) is 29.9. The Morgan fingerprint density at radius 3 is 2.41 bits per heavy atom. The molecule has 0 saturated carbocycles. The highest BCUT2D eigenvalue weighted by atomic mass is 16.6. The number of rotatable bonds is 6. The summed E-state index contributed by atoms with van der Waals surface area (Å²) in [7, 11) is 1.28. The predicted molar refractivity (Wildman–Crippen MR) is 191 cm³/mol. The highest BCUT2D eigenvalue weighted by molar-refractivity contribution is 6.03. The van der Waals surface area contributed by atoms with Gasteiger partial charge in [-0.2, -0.15) is 0 Å². The van der Waals surface area contributed by atoms with Gasteiger partial charge in [0.15, 0.2) is 17.6 Å². The first kappa shape index (κ1) is 35.3. The van der Waals surface area contributed by atoms with E-state index in [-0.39, 0.29) is 25.3 Å². The van der Waals surface area contributed by atoms with Gasteiger partial charge >= 0.3 is 12.1 Å². The normalized spacial score (nSPS) is 17.2. The van der Waals surface area contributed by atoms with Crippen molar-refractivity contribution in [2.75, 3.05) is 18.6 Å². The summed E-state index contributed by atoms with van der Waals surface area (Å²) in [5.74, 6) is 0.0596. The minimum Gasteiger partial charge on any atom is -0.508 e. The topological polar surface area (TPSA) is 128 Å². The maximum Gasteiger partial charge on any atom is 0.411 e. The lowest BCUT2D eigenvalue weighted by Crippen LogP contribution is -2.57. The van der Waals surface area contributed by atoms with E-state index in [0.717, 1.165) is 39.1 Å². The first-order chi connectivity index (χ1) is 24.2. The Bertz CT molecular complexity index is 1970. The molecule has 1 unspecified atom stereocenters. The summed E-state index contributed by atoms with van der Waals surface area (Å²) in [6.07, 6.45) is 0.782. The minimum atomic E-state index is -1.02. The van der Waals surface area contributed by atoms with E-state index in [0.29, 0.717) is 17.2 Å². The molecule has 4 aromatic rings. The van der Waals surface area contributed by atoms with Crippen LogP contribution in [0.5, 0.6) is 17.2 Å². The molecular formula is C40H43N3O8. The van der Waals surface area contributed by atoms with Gasteiger partial charge in [0.25, 0.3) is 5.91 Å². The summed E-state index contributed by atoms with van der Waals surface area (Å²) in [5, 5.41) is 9.99. The van der Waals surface area contributed by atoms with Crippen LogP contribution in [0.15, 0.2) is 72.9 Å². The van der Waals surface area contributed by atoms with E-state index in [9.17, 15) is 19.5 Å². The molecule has 2 aliphatic heterocycles. The molecule has 11 heteroatoms.